The monoisotopic (exact) mass is 396 g/mol. The number of hydrogen-bond donors (Lipinski definition) is 1. The predicted molar refractivity (Wildman–Crippen MR) is 101 cm³/mol. The molecule has 1 N–H and O–H groups in total. The van der Waals surface area contributed by atoms with Crippen LogP contribution in [0.5, 0.6) is 5.75 Å². The molecule has 8 heteroatoms. The summed E-state index contributed by atoms with van der Waals surface area (Å²) in [7, 11) is -2.40. The van der Waals surface area contributed by atoms with Crippen molar-refractivity contribution in [3.63, 3.8) is 0 Å². The van der Waals surface area contributed by atoms with Crippen LogP contribution in [-0.4, -0.2) is 44.9 Å². The second-order valence-corrected chi connectivity index (χ2v) is 8.29. The van der Waals surface area contributed by atoms with Crippen LogP contribution in [0.3, 0.4) is 0 Å². The zero-order chi connectivity index (χ0) is 19.2. The van der Waals surface area contributed by atoms with Gasteiger partial charge in [-0.05, 0) is 43.3 Å². The van der Waals surface area contributed by atoms with Crippen LogP contribution in [0.25, 0.3) is 0 Å². The molecule has 0 heterocycles. The number of amides is 1. The Kier molecular flexibility index (Phi) is 7.02. The molecule has 2 aromatic carbocycles. The maximum absolute atomic E-state index is 12.5. The fourth-order valence-electron chi connectivity index (χ4n) is 2.17. The molecule has 0 aliphatic rings. The molecule has 0 aliphatic carbocycles. The van der Waals surface area contributed by atoms with E-state index in [1.807, 2.05) is 30.3 Å². The molecule has 0 fully saturated rings. The van der Waals surface area contributed by atoms with E-state index in [0.29, 0.717) is 10.8 Å². The standard InChI is InChI=1S/C18H21ClN2O4S/c1-14(13-25-16-6-4-3-5-7-16)20-18(22)12-21(2)26(23,24)17-10-8-15(19)9-11-17/h3-11,14H,12-13H2,1-2H3,(H,20,22)/t14-/m1/s1. The number of sulfonamides is 1. The lowest BCUT2D eigenvalue weighted by Crippen LogP contribution is -2.43. The Bertz CT molecular complexity index is 826. The zero-order valence-corrected chi connectivity index (χ0v) is 16.1. The molecule has 0 saturated carbocycles. The van der Waals surface area contributed by atoms with Gasteiger partial charge in [0.15, 0.2) is 0 Å². The third-order valence-electron chi connectivity index (χ3n) is 3.54. The Morgan fingerprint density at radius 1 is 1.15 bits per heavy atom. The molecule has 0 unspecified atom stereocenters. The smallest absolute Gasteiger partial charge is 0.243 e. The number of benzene rings is 2. The molecule has 0 saturated heterocycles. The van der Waals surface area contributed by atoms with E-state index in [1.165, 1.54) is 31.3 Å². The maximum Gasteiger partial charge on any atom is 0.243 e. The van der Waals surface area contributed by atoms with E-state index < -0.39 is 15.9 Å². The van der Waals surface area contributed by atoms with Crippen molar-refractivity contribution >= 4 is 27.5 Å². The van der Waals surface area contributed by atoms with Crippen molar-refractivity contribution in [2.75, 3.05) is 20.2 Å². The Hall–Kier alpha value is -2.09. The molecule has 1 amide bonds. The molecule has 0 aliphatic heterocycles. The van der Waals surface area contributed by atoms with E-state index in [-0.39, 0.29) is 24.1 Å². The third-order valence-corrected chi connectivity index (χ3v) is 5.61. The summed E-state index contributed by atoms with van der Waals surface area (Å²) in [5.41, 5.74) is 0. The highest BCUT2D eigenvalue weighted by molar-refractivity contribution is 7.89. The molecule has 0 spiro atoms. The first-order valence-corrected chi connectivity index (χ1v) is 9.80. The second kappa shape index (κ2) is 9.02. The fraction of sp³-hybridized carbons (Fsp3) is 0.278. The molecule has 0 radical (unpaired) electrons. The number of carbonyl (C=O) groups is 1. The molecule has 26 heavy (non-hydrogen) atoms. The summed E-state index contributed by atoms with van der Waals surface area (Å²) in [4.78, 5) is 12.2. The van der Waals surface area contributed by atoms with Crippen LogP contribution in [0.4, 0.5) is 0 Å². The number of nitrogens with one attached hydrogen (secondary N) is 1. The van der Waals surface area contributed by atoms with Crippen molar-refractivity contribution in [3.05, 3.63) is 59.6 Å². The van der Waals surface area contributed by atoms with Crippen molar-refractivity contribution in [2.45, 2.75) is 17.9 Å². The van der Waals surface area contributed by atoms with Gasteiger partial charge in [0.25, 0.3) is 0 Å². The van der Waals surface area contributed by atoms with Gasteiger partial charge in [0.05, 0.1) is 17.5 Å². The first kappa shape index (κ1) is 20.2. The van der Waals surface area contributed by atoms with Crippen molar-refractivity contribution in [2.24, 2.45) is 0 Å². The predicted octanol–water partition coefficient (Wildman–Crippen LogP) is 2.54. The average Bonchev–Trinajstić information content (AvgIpc) is 2.61. The SMILES string of the molecule is C[C@H](COc1ccccc1)NC(=O)CN(C)S(=O)(=O)c1ccc(Cl)cc1. The van der Waals surface area contributed by atoms with E-state index in [9.17, 15) is 13.2 Å². The van der Waals surface area contributed by atoms with Gasteiger partial charge in [-0.15, -0.1) is 0 Å². The Balaban J connectivity index is 1.86. The van der Waals surface area contributed by atoms with Crippen LogP contribution in [0, 0.1) is 0 Å². The number of likely N-dealkylation sites (N-methyl/N-ethyl adjacent to an activating group) is 1. The quantitative estimate of drug-likeness (QED) is 0.744. The van der Waals surface area contributed by atoms with Gasteiger partial charge >= 0.3 is 0 Å². The fourth-order valence-corrected chi connectivity index (χ4v) is 3.43. The Morgan fingerprint density at radius 3 is 2.38 bits per heavy atom. The number of hydrogen-bond acceptors (Lipinski definition) is 4. The van der Waals surface area contributed by atoms with E-state index in [0.717, 1.165) is 4.31 Å². The summed E-state index contributed by atoms with van der Waals surface area (Å²) in [6.07, 6.45) is 0. The molecule has 0 aromatic heterocycles. The van der Waals surface area contributed by atoms with Gasteiger partial charge in [-0.1, -0.05) is 29.8 Å². The summed E-state index contributed by atoms with van der Waals surface area (Å²) < 4.78 is 31.5. The van der Waals surface area contributed by atoms with Crippen LogP contribution >= 0.6 is 11.6 Å². The van der Waals surface area contributed by atoms with Crippen molar-refractivity contribution < 1.29 is 17.9 Å². The second-order valence-electron chi connectivity index (χ2n) is 5.81. The minimum absolute atomic E-state index is 0.0812. The van der Waals surface area contributed by atoms with Gasteiger partial charge in [-0.2, -0.15) is 4.31 Å². The summed E-state index contributed by atoms with van der Waals surface area (Å²) in [6.45, 7) is 1.78. The minimum atomic E-state index is -3.76. The first-order valence-electron chi connectivity index (χ1n) is 7.98. The summed E-state index contributed by atoms with van der Waals surface area (Å²) >= 11 is 5.77. The number of rotatable bonds is 8. The molecule has 2 aromatic rings. The van der Waals surface area contributed by atoms with Crippen LogP contribution < -0.4 is 10.1 Å². The van der Waals surface area contributed by atoms with Gasteiger partial charge in [0, 0.05) is 12.1 Å². The first-order chi connectivity index (χ1) is 12.3. The van der Waals surface area contributed by atoms with E-state index >= 15 is 0 Å². The lowest BCUT2D eigenvalue weighted by Gasteiger charge is -2.19. The molecular weight excluding hydrogens is 376 g/mol. The van der Waals surface area contributed by atoms with Gasteiger partial charge in [0.1, 0.15) is 12.4 Å². The molecule has 140 valence electrons. The van der Waals surface area contributed by atoms with Gasteiger partial charge in [-0.3, -0.25) is 4.79 Å². The van der Waals surface area contributed by atoms with Gasteiger partial charge in [0.2, 0.25) is 15.9 Å². The van der Waals surface area contributed by atoms with Crippen LogP contribution in [-0.2, 0) is 14.8 Å². The van der Waals surface area contributed by atoms with Gasteiger partial charge in [-0.25, -0.2) is 8.42 Å². The topological polar surface area (TPSA) is 75.7 Å². The average molecular weight is 397 g/mol. The largest absolute Gasteiger partial charge is 0.491 e. The zero-order valence-electron chi connectivity index (χ0n) is 14.6. The molecular formula is C18H21ClN2O4S. The van der Waals surface area contributed by atoms with Crippen molar-refractivity contribution in [1.29, 1.82) is 0 Å². The van der Waals surface area contributed by atoms with E-state index in [4.69, 9.17) is 16.3 Å². The number of halogens is 1. The Morgan fingerprint density at radius 2 is 1.77 bits per heavy atom. The summed E-state index contributed by atoms with van der Waals surface area (Å²) in [5, 5.41) is 3.16. The van der Waals surface area contributed by atoms with Crippen molar-refractivity contribution in [1.82, 2.24) is 9.62 Å². The van der Waals surface area contributed by atoms with Crippen LogP contribution in [0.1, 0.15) is 6.92 Å². The highest BCUT2D eigenvalue weighted by Crippen LogP contribution is 2.17. The number of para-hydroxylation sites is 1. The number of ether oxygens (including phenoxy) is 1. The van der Waals surface area contributed by atoms with Crippen molar-refractivity contribution in [3.8, 4) is 5.75 Å². The highest BCUT2D eigenvalue weighted by Gasteiger charge is 2.23. The third kappa shape index (κ3) is 5.72. The minimum Gasteiger partial charge on any atom is -0.491 e. The lowest BCUT2D eigenvalue weighted by atomic mass is 10.3. The molecule has 6 nitrogen and oxygen atoms in total. The molecule has 1 atom stereocenters. The highest BCUT2D eigenvalue weighted by atomic mass is 35.5. The lowest BCUT2D eigenvalue weighted by molar-refractivity contribution is -0.121. The van der Waals surface area contributed by atoms with E-state index in [2.05, 4.69) is 5.32 Å². The summed E-state index contributed by atoms with van der Waals surface area (Å²) in [5.74, 6) is 0.297. The van der Waals surface area contributed by atoms with Crippen LogP contribution in [0.15, 0.2) is 59.5 Å². The summed E-state index contributed by atoms with van der Waals surface area (Å²) in [6, 6.07) is 14.8. The molecule has 2 rings (SSSR count). The van der Waals surface area contributed by atoms with Gasteiger partial charge < -0.3 is 10.1 Å². The maximum atomic E-state index is 12.5. The molecule has 0 bridgehead atoms. The van der Waals surface area contributed by atoms with Crippen LogP contribution in [0.2, 0.25) is 5.02 Å². The Labute approximate surface area is 158 Å². The number of carbonyl (C=O) groups excluding carboxylic acids is 1. The normalized spacial score (nSPS) is 12.6. The van der Waals surface area contributed by atoms with E-state index in [1.54, 1.807) is 6.92 Å². The number of nitrogens with zero attached hydrogens (tertiary/aromatic N) is 1.